The van der Waals surface area contributed by atoms with Crippen LogP contribution in [0.15, 0.2) is 0 Å². The van der Waals surface area contributed by atoms with E-state index in [4.69, 9.17) is 9.47 Å². The van der Waals surface area contributed by atoms with Crippen LogP contribution in [0.5, 0.6) is 0 Å². The minimum atomic E-state index is -3.29. The zero-order valence-electron chi connectivity index (χ0n) is 11.9. The van der Waals surface area contributed by atoms with Crippen molar-refractivity contribution in [1.29, 1.82) is 0 Å². The Bertz CT molecular complexity index is 292. The number of rotatable bonds is 11. The van der Waals surface area contributed by atoms with E-state index in [0.29, 0.717) is 6.61 Å². The maximum absolute atomic E-state index is 11.2. The van der Waals surface area contributed by atoms with Crippen molar-refractivity contribution in [2.45, 2.75) is 58.3 Å². The molecule has 5 nitrogen and oxygen atoms in total. The van der Waals surface area contributed by atoms with Gasteiger partial charge in [-0.1, -0.05) is 32.6 Å². The Hall–Kier alpha value is -0.170. The molecule has 0 saturated carbocycles. The second-order valence-corrected chi connectivity index (χ2v) is 6.17. The van der Waals surface area contributed by atoms with Crippen LogP contribution in [0.1, 0.15) is 46.0 Å². The molecule has 2 atom stereocenters. The molecule has 110 valence electrons. The molecule has 0 aliphatic heterocycles. The highest BCUT2D eigenvalue weighted by Gasteiger charge is 2.24. The van der Waals surface area contributed by atoms with Crippen LogP contribution in [-0.2, 0) is 19.5 Å². The first kappa shape index (κ1) is 17.8. The van der Waals surface area contributed by atoms with Crippen molar-refractivity contribution in [1.82, 2.24) is 4.72 Å². The number of unbranched alkanes of at least 4 members (excludes halogenated alkanes) is 3. The topological polar surface area (TPSA) is 64.6 Å². The van der Waals surface area contributed by atoms with Gasteiger partial charge in [0, 0.05) is 13.7 Å². The molecule has 0 aromatic carbocycles. The lowest BCUT2D eigenvalue weighted by Gasteiger charge is -2.26. The fraction of sp³-hybridized carbons (Fsp3) is 1.00. The second-order valence-electron chi connectivity index (χ2n) is 4.39. The van der Waals surface area contributed by atoms with Gasteiger partial charge in [-0.15, -0.1) is 0 Å². The molecular formula is C12H27NO4S. The number of nitrogens with one attached hydrogen (secondary N) is 1. The lowest BCUT2D eigenvalue weighted by Crippen LogP contribution is -2.45. The predicted octanol–water partition coefficient (Wildman–Crippen LogP) is 1.88. The van der Waals surface area contributed by atoms with Gasteiger partial charge in [0.1, 0.15) is 6.23 Å². The summed E-state index contributed by atoms with van der Waals surface area (Å²) in [4.78, 5) is 0. The van der Waals surface area contributed by atoms with Crippen molar-refractivity contribution < 1.29 is 17.9 Å². The van der Waals surface area contributed by atoms with E-state index in [1.54, 1.807) is 0 Å². The summed E-state index contributed by atoms with van der Waals surface area (Å²) >= 11 is 0. The Morgan fingerprint density at radius 3 is 2.28 bits per heavy atom. The van der Waals surface area contributed by atoms with E-state index in [-0.39, 0.29) is 6.10 Å². The molecule has 0 saturated heterocycles. The zero-order valence-corrected chi connectivity index (χ0v) is 12.8. The van der Waals surface area contributed by atoms with E-state index in [0.717, 1.165) is 25.5 Å². The molecule has 18 heavy (non-hydrogen) atoms. The zero-order chi connectivity index (χ0) is 14.0. The third kappa shape index (κ3) is 8.85. The number of ether oxygens (including phenoxy) is 2. The normalized spacial score (nSPS) is 15.6. The number of methoxy groups -OCH3 is 1. The smallest absolute Gasteiger partial charge is 0.210 e. The molecule has 0 radical (unpaired) electrons. The summed E-state index contributed by atoms with van der Waals surface area (Å²) in [5, 5.41) is 0. The van der Waals surface area contributed by atoms with Crippen LogP contribution in [0.2, 0.25) is 0 Å². The van der Waals surface area contributed by atoms with Gasteiger partial charge in [0.2, 0.25) is 10.0 Å². The van der Waals surface area contributed by atoms with Crippen molar-refractivity contribution in [2.75, 3.05) is 20.0 Å². The van der Waals surface area contributed by atoms with Crippen LogP contribution < -0.4 is 4.72 Å². The van der Waals surface area contributed by atoms with Crippen LogP contribution in [0.25, 0.3) is 0 Å². The van der Waals surface area contributed by atoms with E-state index in [1.165, 1.54) is 20.0 Å². The molecule has 0 bridgehead atoms. The maximum atomic E-state index is 11.2. The summed E-state index contributed by atoms with van der Waals surface area (Å²) in [6.45, 7) is 4.60. The molecule has 0 aromatic heterocycles. The average molecular weight is 281 g/mol. The first-order valence-electron chi connectivity index (χ1n) is 6.56. The SMILES string of the molecule is CCCCCC[C@@H](OCC)[C@H](NS(C)(=O)=O)OC. The molecule has 0 aliphatic rings. The molecule has 0 amide bonds. The van der Waals surface area contributed by atoms with Gasteiger partial charge >= 0.3 is 0 Å². The molecule has 0 aliphatic carbocycles. The first-order valence-corrected chi connectivity index (χ1v) is 8.45. The monoisotopic (exact) mass is 281 g/mol. The largest absolute Gasteiger partial charge is 0.374 e. The molecule has 0 fully saturated rings. The van der Waals surface area contributed by atoms with Gasteiger partial charge < -0.3 is 9.47 Å². The Morgan fingerprint density at radius 1 is 1.17 bits per heavy atom. The van der Waals surface area contributed by atoms with Gasteiger partial charge in [-0.3, -0.25) is 0 Å². The summed E-state index contributed by atoms with van der Waals surface area (Å²) in [5.41, 5.74) is 0. The molecule has 0 aromatic rings. The molecule has 6 heteroatoms. The fourth-order valence-electron chi connectivity index (χ4n) is 1.80. The summed E-state index contributed by atoms with van der Waals surface area (Å²) in [5.74, 6) is 0. The minimum Gasteiger partial charge on any atom is -0.374 e. The Kier molecular flexibility index (Phi) is 9.63. The third-order valence-corrected chi connectivity index (χ3v) is 3.31. The Morgan fingerprint density at radius 2 is 1.83 bits per heavy atom. The minimum absolute atomic E-state index is 0.230. The van der Waals surface area contributed by atoms with Crippen LogP contribution in [0.4, 0.5) is 0 Å². The summed E-state index contributed by atoms with van der Waals surface area (Å²) < 4.78 is 35.7. The Labute approximate surface area is 111 Å². The summed E-state index contributed by atoms with van der Waals surface area (Å²) in [6.07, 6.45) is 5.60. The van der Waals surface area contributed by atoms with Crippen LogP contribution >= 0.6 is 0 Å². The van der Waals surface area contributed by atoms with E-state index in [1.807, 2.05) is 6.92 Å². The van der Waals surface area contributed by atoms with E-state index in [2.05, 4.69) is 11.6 Å². The van der Waals surface area contributed by atoms with Crippen molar-refractivity contribution in [3.8, 4) is 0 Å². The molecule has 0 spiro atoms. The molecule has 1 N–H and O–H groups in total. The first-order chi connectivity index (χ1) is 8.44. The maximum Gasteiger partial charge on any atom is 0.210 e. The molecular weight excluding hydrogens is 254 g/mol. The van der Waals surface area contributed by atoms with E-state index in [9.17, 15) is 8.42 Å². The second kappa shape index (κ2) is 9.72. The van der Waals surface area contributed by atoms with Gasteiger partial charge in [-0.05, 0) is 13.3 Å². The van der Waals surface area contributed by atoms with E-state index >= 15 is 0 Å². The highest BCUT2D eigenvalue weighted by Crippen LogP contribution is 2.13. The van der Waals surface area contributed by atoms with Gasteiger partial charge in [0.15, 0.2) is 0 Å². The van der Waals surface area contributed by atoms with Crippen molar-refractivity contribution >= 4 is 10.0 Å². The average Bonchev–Trinajstić information content (AvgIpc) is 2.29. The van der Waals surface area contributed by atoms with Crippen LogP contribution in [0, 0.1) is 0 Å². The van der Waals surface area contributed by atoms with Crippen molar-refractivity contribution in [3.05, 3.63) is 0 Å². The number of sulfonamides is 1. The van der Waals surface area contributed by atoms with E-state index < -0.39 is 16.3 Å². The number of hydrogen-bond donors (Lipinski definition) is 1. The lowest BCUT2D eigenvalue weighted by atomic mass is 10.1. The van der Waals surface area contributed by atoms with Gasteiger partial charge in [0.05, 0.1) is 12.4 Å². The summed E-state index contributed by atoms with van der Waals surface area (Å²) in [6, 6.07) is 0. The molecule has 0 heterocycles. The van der Waals surface area contributed by atoms with Gasteiger partial charge in [0.25, 0.3) is 0 Å². The summed E-state index contributed by atoms with van der Waals surface area (Å²) in [7, 11) is -1.80. The number of hydrogen-bond acceptors (Lipinski definition) is 4. The quantitative estimate of drug-likeness (QED) is 0.464. The van der Waals surface area contributed by atoms with Gasteiger partial charge in [-0.2, -0.15) is 4.72 Å². The third-order valence-electron chi connectivity index (χ3n) is 2.64. The highest BCUT2D eigenvalue weighted by molar-refractivity contribution is 7.88. The molecule has 0 rings (SSSR count). The van der Waals surface area contributed by atoms with Crippen molar-refractivity contribution in [2.24, 2.45) is 0 Å². The predicted molar refractivity (Wildman–Crippen MR) is 72.9 cm³/mol. The fourth-order valence-corrected chi connectivity index (χ4v) is 2.47. The Balaban J connectivity index is 4.33. The highest BCUT2D eigenvalue weighted by atomic mass is 32.2. The molecule has 0 unspecified atom stereocenters. The lowest BCUT2D eigenvalue weighted by molar-refractivity contribution is -0.0617. The standard InChI is InChI=1S/C12H27NO4S/c1-5-7-8-9-10-11(17-6-2)12(16-3)13-18(4,14)15/h11-13H,5-10H2,1-4H3/t11-,12-/m1/s1. The van der Waals surface area contributed by atoms with Crippen LogP contribution in [-0.4, -0.2) is 40.7 Å². The van der Waals surface area contributed by atoms with Crippen LogP contribution in [0.3, 0.4) is 0 Å². The van der Waals surface area contributed by atoms with Crippen molar-refractivity contribution in [3.63, 3.8) is 0 Å². The van der Waals surface area contributed by atoms with Gasteiger partial charge in [-0.25, -0.2) is 8.42 Å².